The molecule has 0 amide bonds. The van der Waals surface area contributed by atoms with Crippen LogP contribution >= 0.6 is 0 Å². The van der Waals surface area contributed by atoms with Gasteiger partial charge in [0.15, 0.2) is 0 Å². The van der Waals surface area contributed by atoms with E-state index in [1.165, 1.54) is 19.0 Å². The first-order valence-electron chi connectivity index (χ1n) is 6.59. The molecule has 3 rings (SSSR count). The molecule has 1 atom stereocenters. The molecule has 3 nitrogen and oxygen atoms in total. The first-order chi connectivity index (χ1) is 8.74. The molecule has 1 aliphatic rings. The fourth-order valence-electron chi connectivity index (χ4n) is 2.44. The molecule has 2 heterocycles. The molecule has 1 saturated carbocycles. The zero-order valence-electron chi connectivity index (χ0n) is 10.5. The molecule has 2 aromatic rings. The van der Waals surface area contributed by atoms with Crippen molar-refractivity contribution in [1.82, 2.24) is 15.3 Å². The Morgan fingerprint density at radius 2 is 2.39 bits per heavy atom. The average Bonchev–Trinajstić information content (AvgIpc) is 3.13. The minimum atomic E-state index is -0.275. The summed E-state index contributed by atoms with van der Waals surface area (Å²) in [7, 11) is 0. The Morgan fingerprint density at radius 3 is 3.17 bits per heavy atom. The van der Waals surface area contributed by atoms with Gasteiger partial charge in [-0.1, -0.05) is 0 Å². The van der Waals surface area contributed by atoms with Gasteiger partial charge in [-0.15, -0.1) is 0 Å². The maximum Gasteiger partial charge on any atom is 0.142 e. The molecular formula is C14H18FN3. The monoisotopic (exact) mass is 247 g/mol. The summed E-state index contributed by atoms with van der Waals surface area (Å²) >= 11 is 0. The van der Waals surface area contributed by atoms with Gasteiger partial charge in [0, 0.05) is 17.6 Å². The van der Waals surface area contributed by atoms with Crippen molar-refractivity contribution in [1.29, 1.82) is 0 Å². The fourth-order valence-corrected chi connectivity index (χ4v) is 2.44. The first kappa shape index (κ1) is 11.7. The Bertz CT molecular complexity index is 545. The van der Waals surface area contributed by atoms with Crippen molar-refractivity contribution in [2.75, 3.05) is 6.54 Å². The fraction of sp³-hybridized carbons (Fsp3) is 0.500. The molecule has 0 aliphatic heterocycles. The minimum absolute atomic E-state index is 0.275. The Labute approximate surface area is 106 Å². The van der Waals surface area contributed by atoms with Crippen molar-refractivity contribution in [3.8, 4) is 0 Å². The molecule has 0 radical (unpaired) electrons. The second-order valence-electron chi connectivity index (χ2n) is 5.19. The molecule has 96 valence electrons. The van der Waals surface area contributed by atoms with Crippen LogP contribution < -0.4 is 5.32 Å². The van der Waals surface area contributed by atoms with E-state index in [0.29, 0.717) is 6.04 Å². The summed E-state index contributed by atoms with van der Waals surface area (Å²) in [5, 5.41) is 4.43. The van der Waals surface area contributed by atoms with E-state index in [4.69, 9.17) is 0 Å². The normalized spacial score (nSPS) is 17.2. The van der Waals surface area contributed by atoms with E-state index >= 15 is 0 Å². The van der Waals surface area contributed by atoms with E-state index in [1.54, 1.807) is 6.07 Å². The number of aromatic nitrogens is 2. The van der Waals surface area contributed by atoms with Gasteiger partial charge < -0.3 is 10.3 Å². The molecule has 0 bridgehead atoms. The number of nitrogens with one attached hydrogen (secondary N) is 2. The maximum absolute atomic E-state index is 13.2. The molecule has 1 aliphatic carbocycles. The number of fused-ring (bicyclic) bond motifs is 1. The van der Waals surface area contributed by atoms with E-state index < -0.39 is 0 Å². The quantitative estimate of drug-likeness (QED) is 0.852. The van der Waals surface area contributed by atoms with Crippen molar-refractivity contribution in [3.63, 3.8) is 0 Å². The number of H-pyrrole nitrogens is 1. The van der Waals surface area contributed by atoms with Crippen LogP contribution in [0.2, 0.25) is 0 Å². The van der Waals surface area contributed by atoms with E-state index in [2.05, 4.69) is 22.2 Å². The number of halogens is 1. The van der Waals surface area contributed by atoms with Gasteiger partial charge in [-0.05, 0) is 50.3 Å². The van der Waals surface area contributed by atoms with Gasteiger partial charge in [0.25, 0.3) is 0 Å². The topological polar surface area (TPSA) is 40.7 Å². The standard InChI is InChI=1S/C14H18FN3/c1-9(10-2-3-10)16-5-4-11-7-17-14-13(11)6-12(15)8-18-14/h6-10,16H,2-5H2,1H3,(H,17,18). The van der Waals surface area contributed by atoms with E-state index in [1.807, 2.05) is 6.20 Å². The second-order valence-corrected chi connectivity index (χ2v) is 5.19. The van der Waals surface area contributed by atoms with Crippen LogP contribution in [0.3, 0.4) is 0 Å². The number of nitrogens with zero attached hydrogens (tertiary/aromatic N) is 1. The van der Waals surface area contributed by atoms with Gasteiger partial charge >= 0.3 is 0 Å². The van der Waals surface area contributed by atoms with Gasteiger partial charge in [0.05, 0.1) is 6.20 Å². The molecule has 2 N–H and O–H groups in total. The molecule has 4 heteroatoms. The minimum Gasteiger partial charge on any atom is -0.346 e. The van der Waals surface area contributed by atoms with Crippen LogP contribution in [0.5, 0.6) is 0 Å². The Kier molecular flexibility index (Phi) is 3.04. The lowest BCUT2D eigenvalue weighted by molar-refractivity contribution is 0.500. The molecule has 0 aromatic carbocycles. The highest BCUT2D eigenvalue weighted by molar-refractivity contribution is 5.79. The summed E-state index contributed by atoms with van der Waals surface area (Å²) < 4.78 is 13.2. The Morgan fingerprint density at radius 1 is 1.56 bits per heavy atom. The van der Waals surface area contributed by atoms with Crippen LogP contribution in [0, 0.1) is 11.7 Å². The van der Waals surface area contributed by atoms with Crippen molar-refractivity contribution in [2.45, 2.75) is 32.2 Å². The van der Waals surface area contributed by atoms with Crippen molar-refractivity contribution >= 4 is 11.0 Å². The second kappa shape index (κ2) is 4.69. The van der Waals surface area contributed by atoms with E-state index in [0.717, 1.165) is 35.5 Å². The van der Waals surface area contributed by atoms with Gasteiger partial charge in [-0.3, -0.25) is 0 Å². The largest absolute Gasteiger partial charge is 0.346 e. The van der Waals surface area contributed by atoms with E-state index in [9.17, 15) is 4.39 Å². The zero-order chi connectivity index (χ0) is 12.5. The number of hydrogen-bond acceptors (Lipinski definition) is 2. The van der Waals surface area contributed by atoms with Crippen LogP contribution in [0.1, 0.15) is 25.3 Å². The Hall–Kier alpha value is -1.42. The summed E-state index contributed by atoms with van der Waals surface area (Å²) in [4.78, 5) is 7.11. The van der Waals surface area contributed by atoms with Crippen LogP contribution in [0.15, 0.2) is 18.5 Å². The van der Waals surface area contributed by atoms with Gasteiger partial charge in [0.1, 0.15) is 11.5 Å². The molecular weight excluding hydrogens is 229 g/mol. The number of rotatable bonds is 5. The molecule has 2 aromatic heterocycles. The smallest absolute Gasteiger partial charge is 0.142 e. The first-order valence-corrected chi connectivity index (χ1v) is 6.59. The lowest BCUT2D eigenvalue weighted by Gasteiger charge is -2.11. The zero-order valence-corrected chi connectivity index (χ0v) is 10.5. The summed E-state index contributed by atoms with van der Waals surface area (Å²) in [6, 6.07) is 2.16. The third kappa shape index (κ3) is 2.38. The van der Waals surface area contributed by atoms with Crippen molar-refractivity contribution in [2.24, 2.45) is 5.92 Å². The lowest BCUT2D eigenvalue weighted by Crippen LogP contribution is -2.29. The third-order valence-corrected chi connectivity index (χ3v) is 3.77. The highest BCUT2D eigenvalue weighted by Crippen LogP contribution is 2.32. The third-order valence-electron chi connectivity index (χ3n) is 3.77. The Balaban J connectivity index is 1.64. The highest BCUT2D eigenvalue weighted by atomic mass is 19.1. The number of aromatic amines is 1. The van der Waals surface area contributed by atoms with Gasteiger partial charge in [-0.2, -0.15) is 0 Å². The van der Waals surface area contributed by atoms with Crippen molar-refractivity contribution in [3.05, 3.63) is 29.8 Å². The van der Waals surface area contributed by atoms with Gasteiger partial charge in [0.2, 0.25) is 0 Å². The lowest BCUT2D eigenvalue weighted by atomic mass is 10.1. The van der Waals surface area contributed by atoms with Crippen molar-refractivity contribution < 1.29 is 4.39 Å². The molecule has 0 spiro atoms. The maximum atomic E-state index is 13.2. The predicted molar refractivity (Wildman–Crippen MR) is 69.9 cm³/mol. The van der Waals surface area contributed by atoms with Gasteiger partial charge in [-0.25, -0.2) is 9.37 Å². The molecule has 1 fully saturated rings. The molecule has 0 saturated heterocycles. The summed E-state index contributed by atoms with van der Waals surface area (Å²) in [5.74, 6) is 0.592. The van der Waals surface area contributed by atoms with E-state index in [-0.39, 0.29) is 5.82 Å². The SMILES string of the molecule is CC(NCCc1c[nH]c2ncc(F)cc12)C1CC1. The summed E-state index contributed by atoms with van der Waals surface area (Å²) in [6.07, 6.45) is 6.80. The predicted octanol–water partition coefficient (Wildman–Crippen LogP) is 2.63. The van der Waals surface area contributed by atoms with Crippen LogP contribution in [0.4, 0.5) is 4.39 Å². The summed E-state index contributed by atoms with van der Waals surface area (Å²) in [6.45, 7) is 3.18. The molecule has 18 heavy (non-hydrogen) atoms. The van der Waals surface area contributed by atoms with Crippen LogP contribution in [-0.2, 0) is 6.42 Å². The number of hydrogen-bond donors (Lipinski definition) is 2. The summed E-state index contributed by atoms with van der Waals surface area (Å²) in [5.41, 5.74) is 1.90. The average molecular weight is 247 g/mol. The van der Waals surface area contributed by atoms with Crippen LogP contribution in [0.25, 0.3) is 11.0 Å². The molecule has 1 unspecified atom stereocenters. The number of pyridine rings is 1. The highest BCUT2D eigenvalue weighted by Gasteiger charge is 2.27. The van der Waals surface area contributed by atoms with Crippen LogP contribution in [-0.4, -0.2) is 22.6 Å².